The van der Waals surface area contributed by atoms with Gasteiger partial charge in [-0.25, -0.2) is 3.11 Å². The Kier molecular flexibility index (Phi) is 5.06. The number of nitro groups is 2. The molecule has 2 heterocycles. The van der Waals surface area contributed by atoms with Gasteiger partial charge in [-0.15, -0.1) is 0 Å². The first-order valence-corrected chi connectivity index (χ1v) is 8.55. The summed E-state index contributed by atoms with van der Waals surface area (Å²) in [6.07, 6.45) is 0. The van der Waals surface area contributed by atoms with Crippen LogP contribution in [0, 0.1) is 20.2 Å². The van der Waals surface area contributed by atoms with Gasteiger partial charge in [0.05, 0.1) is 55.0 Å². The number of benzene rings is 2. The monoisotopic (exact) mass is 510 g/mol. The first kappa shape index (κ1) is 20.0. The Balaban J connectivity index is 0.000000166. The third-order valence-corrected chi connectivity index (χ3v) is 4.84. The minimum absolute atomic E-state index is 0.0594. The second-order valence-corrected chi connectivity index (χ2v) is 6.61. The summed E-state index contributed by atoms with van der Waals surface area (Å²) in [6, 6.07) is 7.18. The van der Waals surface area contributed by atoms with Crippen molar-refractivity contribution in [1.29, 1.82) is 0 Å². The second kappa shape index (κ2) is 7.34. The maximum atomic E-state index is 11.5. The van der Waals surface area contributed by atoms with E-state index in [0.29, 0.717) is 0 Å². The lowest BCUT2D eigenvalue weighted by Crippen LogP contribution is -2.19. The van der Waals surface area contributed by atoms with Gasteiger partial charge in [-0.3, -0.25) is 44.7 Å². The van der Waals surface area contributed by atoms with E-state index in [1.54, 1.807) is 22.9 Å². The van der Waals surface area contributed by atoms with Crippen LogP contribution >= 0.6 is 22.9 Å². The normalized spacial score (nSPS) is 14.0. The lowest BCUT2D eigenvalue weighted by atomic mass is 10.1. The Labute approximate surface area is 174 Å². The molecule has 4 rings (SSSR count). The summed E-state index contributed by atoms with van der Waals surface area (Å²) in [5.74, 6) is -2.06. The molecule has 146 valence electrons. The van der Waals surface area contributed by atoms with Crippen molar-refractivity contribution in [2.45, 2.75) is 0 Å². The molecule has 1 N–H and O–H groups in total. The average molecular weight is 510 g/mol. The molecule has 2 aliphatic rings. The molecule has 2 aliphatic heterocycles. The second-order valence-electron chi connectivity index (χ2n) is 5.65. The number of rotatable bonds is 2. The summed E-state index contributed by atoms with van der Waals surface area (Å²) >= 11 is 1.57. The number of hydrogen-bond acceptors (Lipinski definition) is 8. The number of amides is 4. The zero-order chi connectivity index (χ0) is 21.5. The molecule has 0 atom stereocenters. The Morgan fingerprint density at radius 2 is 1.17 bits per heavy atom. The van der Waals surface area contributed by atoms with Crippen molar-refractivity contribution in [1.82, 2.24) is 8.43 Å². The highest BCUT2D eigenvalue weighted by Gasteiger charge is 2.35. The highest BCUT2D eigenvalue weighted by Crippen LogP contribution is 2.28. The van der Waals surface area contributed by atoms with Crippen LogP contribution < -0.4 is 5.32 Å². The number of fused-ring (bicyclic) bond motifs is 2. The number of carbonyl (C=O) groups is 4. The molecular formula is C16H7IN4O8. The van der Waals surface area contributed by atoms with Gasteiger partial charge >= 0.3 is 0 Å². The number of imide groups is 2. The Morgan fingerprint density at radius 1 is 0.724 bits per heavy atom. The first-order chi connectivity index (χ1) is 13.6. The number of non-ortho nitro benzene ring substituents is 2. The van der Waals surface area contributed by atoms with Crippen LogP contribution in [-0.2, 0) is 0 Å². The number of hydrogen-bond donors (Lipinski definition) is 1. The number of nitrogens with zero attached hydrogens (tertiary/aromatic N) is 3. The zero-order valence-corrected chi connectivity index (χ0v) is 16.1. The summed E-state index contributed by atoms with van der Waals surface area (Å²) in [7, 11) is 0. The van der Waals surface area contributed by atoms with Gasteiger partial charge in [-0.2, -0.15) is 0 Å². The van der Waals surface area contributed by atoms with Crippen LogP contribution in [0.2, 0.25) is 0 Å². The predicted octanol–water partition coefficient (Wildman–Crippen LogP) is 2.02. The molecule has 0 aliphatic carbocycles. The molecule has 13 heteroatoms. The fourth-order valence-corrected chi connectivity index (χ4v) is 3.10. The summed E-state index contributed by atoms with van der Waals surface area (Å²) in [6.45, 7) is 0. The largest absolute Gasteiger partial charge is 0.288 e. The summed E-state index contributed by atoms with van der Waals surface area (Å²) in [5, 5.41) is 22.9. The van der Waals surface area contributed by atoms with Crippen LogP contribution in [0.5, 0.6) is 0 Å². The van der Waals surface area contributed by atoms with E-state index in [-0.39, 0.29) is 33.6 Å². The molecule has 0 saturated heterocycles. The fourth-order valence-electron chi connectivity index (χ4n) is 2.58. The van der Waals surface area contributed by atoms with E-state index in [1.165, 1.54) is 24.3 Å². The molecule has 0 unspecified atom stereocenters. The third-order valence-electron chi connectivity index (χ3n) is 3.96. The van der Waals surface area contributed by atoms with Crippen LogP contribution in [0.3, 0.4) is 0 Å². The standard InChI is InChI=1S/C8H3IN2O4.C8H4N2O4/c9-10-7(12)5-2-1-4(11(14)15)3-6(5)8(10)13;11-7-5-2-1-4(10(13)14)3-6(5)8(12)9-7/h1-3H;1-3H,(H,9,11,12). The van der Waals surface area contributed by atoms with Crippen molar-refractivity contribution in [2.75, 3.05) is 0 Å². The maximum Gasteiger partial charge on any atom is 0.270 e. The molecule has 0 radical (unpaired) electrons. The van der Waals surface area contributed by atoms with Crippen molar-refractivity contribution in [3.8, 4) is 0 Å². The minimum Gasteiger partial charge on any atom is -0.288 e. The van der Waals surface area contributed by atoms with E-state index in [9.17, 15) is 39.4 Å². The van der Waals surface area contributed by atoms with E-state index >= 15 is 0 Å². The third kappa shape index (κ3) is 3.54. The Hall–Kier alpha value is -3.75. The predicted molar refractivity (Wildman–Crippen MR) is 103 cm³/mol. The van der Waals surface area contributed by atoms with Crippen LogP contribution in [0.1, 0.15) is 41.4 Å². The number of nitro benzene ring substituents is 2. The van der Waals surface area contributed by atoms with Gasteiger partial charge in [-0.05, 0) is 12.1 Å². The molecule has 0 bridgehead atoms. The van der Waals surface area contributed by atoms with Gasteiger partial charge in [0.1, 0.15) is 0 Å². The number of carbonyl (C=O) groups excluding carboxylic acids is 4. The van der Waals surface area contributed by atoms with Gasteiger partial charge in [0.25, 0.3) is 35.0 Å². The van der Waals surface area contributed by atoms with E-state index in [0.717, 1.165) is 15.2 Å². The van der Waals surface area contributed by atoms with Crippen LogP contribution in [-0.4, -0.2) is 36.6 Å². The SMILES string of the molecule is O=C1NC(=O)c2cc([N+](=O)[O-])ccc21.O=C1c2ccc([N+](=O)[O-])cc2C(=O)N1I. The zero-order valence-electron chi connectivity index (χ0n) is 13.9. The van der Waals surface area contributed by atoms with Crippen LogP contribution in [0.25, 0.3) is 0 Å². The van der Waals surface area contributed by atoms with Crippen molar-refractivity contribution < 1.29 is 29.0 Å². The maximum absolute atomic E-state index is 11.5. The Bertz CT molecular complexity index is 1150. The van der Waals surface area contributed by atoms with E-state index in [2.05, 4.69) is 0 Å². The molecule has 0 aromatic heterocycles. The minimum atomic E-state index is -0.615. The summed E-state index contributed by atoms with van der Waals surface area (Å²) in [4.78, 5) is 64.6. The number of halogens is 1. The van der Waals surface area contributed by atoms with Crippen molar-refractivity contribution in [3.63, 3.8) is 0 Å². The number of nitrogens with one attached hydrogen (secondary N) is 1. The molecule has 4 amide bonds. The lowest BCUT2D eigenvalue weighted by Gasteiger charge is -1.98. The van der Waals surface area contributed by atoms with Gasteiger partial charge in [-0.1, -0.05) is 0 Å². The van der Waals surface area contributed by atoms with E-state index < -0.39 is 33.5 Å². The molecule has 0 saturated carbocycles. The average Bonchev–Trinajstić information content (AvgIpc) is 3.10. The van der Waals surface area contributed by atoms with Gasteiger partial charge < -0.3 is 0 Å². The smallest absolute Gasteiger partial charge is 0.270 e. The quantitative estimate of drug-likeness (QED) is 0.210. The van der Waals surface area contributed by atoms with Crippen molar-refractivity contribution in [3.05, 3.63) is 78.9 Å². The van der Waals surface area contributed by atoms with Crippen molar-refractivity contribution in [2.24, 2.45) is 0 Å². The first-order valence-electron chi connectivity index (χ1n) is 7.59. The fraction of sp³-hybridized carbons (Fsp3) is 0. The summed E-state index contributed by atoms with van der Waals surface area (Å²) in [5.41, 5.74) is 0.142. The van der Waals surface area contributed by atoms with Crippen LogP contribution in [0.15, 0.2) is 36.4 Å². The van der Waals surface area contributed by atoms with E-state index in [4.69, 9.17) is 0 Å². The highest BCUT2D eigenvalue weighted by atomic mass is 127. The van der Waals surface area contributed by atoms with Gasteiger partial charge in [0, 0.05) is 24.3 Å². The molecule has 12 nitrogen and oxygen atoms in total. The molecule has 0 spiro atoms. The molecular weight excluding hydrogens is 503 g/mol. The summed E-state index contributed by atoms with van der Waals surface area (Å²) < 4.78 is 0.909. The van der Waals surface area contributed by atoms with Crippen molar-refractivity contribution >= 4 is 57.9 Å². The molecule has 2 aromatic rings. The molecule has 0 fully saturated rings. The highest BCUT2D eigenvalue weighted by molar-refractivity contribution is 14.1. The van der Waals surface area contributed by atoms with Gasteiger partial charge in [0.15, 0.2) is 0 Å². The lowest BCUT2D eigenvalue weighted by molar-refractivity contribution is -0.385. The van der Waals surface area contributed by atoms with Gasteiger partial charge in [0.2, 0.25) is 0 Å². The molecule has 29 heavy (non-hydrogen) atoms. The topological polar surface area (TPSA) is 170 Å². The Morgan fingerprint density at radius 3 is 1.72 bits per heavy atom. The van der Waals surface area contributed by atoms with E-state index in [1.807, 2.05) is 5.32 Å². The molecule has 2 aromatic carbocycles. The van der Waals surface area contributed by atoms with Crippen LogP contribution in [0.4, 0.5) is 11.4 Å².